The average molecular weight is 409 g/mol. The van der Waals surface area contributed by atoms with E-state index < -0.39 is 10.0 Å². The summed E-state index contributed by atoms with van der Waals surface area (Å²) in [4.78, 5) is 13.0. The lowest BCUT2D eigenvalue weighted by Crippen LogP contribution is -2.27. The number of hydrogen-bond acceptors (Lipinski definition) is 5. The zero-order valence-corrected chi connectivity index (χ0v) is 17.2. The molecule has 0 radical (unpaired) electrons. The normalized spacial score (nSPS) is 15.0. The van der Waals surface area contributed by atoms with Crippen LogP contribution in [-0.2, 0) is 27.8 Å². The first kappa shape index (κ1) is 19.9. The molecule has 1 fully saturated rings. The van der Waals surface area contributed by atoms with E-state index in [9.17, 15) is 13.2 Å². The van der Waals surface area contributed by atoms with Crippen molar-refractivity contribution in [1.29, 1.82) is 0 Å². The van der Waals surface area contributed by atoms with Crippen LogP contribution < -0.4 is 10.1 Å². The minimum absolute atomic E-state index is 0.137. The molecule has 6 nitrogen and oxygen atoms in total. The van der Waals surface area contributed by atoms with E-state index in [1.807, 2.05) is 25.1 Å². The van der Waals surface area contributed by atoms with Crippen molar-refractivity contribution in [3.8, 4) is 5.75 Å². The smallest absolute Gasteiger partial charge is 0.252 e. The second-order valence-corrected chi connectivity index (χ2v) is 9.92. The Kier molecular flexibility index (Phi) is 6.18. The standard InChI is InChI=1S/C19H24N2O4S2/c1-14-5-6-15(11-17(14)25-2)13-20-18(22)12-16-7-8-19(26-16)27(23,24)21-9-3-4-10-21/h5-8,11H,3-4,9-10,12-13H2,1-2H3,(H,20,22). The molecule has 1 N–H and O–H groups in total. The van der Waals surface area contributed by atoms with Gasteiger partial charge in [-0.05, 0) is 49.1 Å². The molecule has 1 saturated heterocycles. The number of ether oxygens (including phenoxy) is 1. The molecule has 1 amide bonds. The van der Waals surface area contributed by atoms with Gasteiger partial charge in [0.2, 0.25) is 5.91 Å². The summed E-state index contributed by atoms with van der Waals surface area (Å²) in [5.41, 5.74) is 1.99. The molecule has 27 heavy (non-hydrogen) atoms. The van der Waals surface area contributed by atoms with Crippen molar-refractivity contribution in [2.24, 2.45) is 0 Å². The van der Waals surface area contributed by atoms with E-state index in [-0.39, 0.29) is 12.3 Å². The third kappa shape index (κ3) is 4.69. The van der Waals surface area contributed by atoms with Crippen molar-refractivity contribution in [2.45, 2.75) is 36.9 Å². The van der Waals surface area contributed by atoms with Crippen molar-refractivity contribution in [2.75, 3.05) is 20.2 Å². The van der Waals surface area contributed by atoms with E-state index in [2.05, 4.69) is 5.32 Å². The molecule has 146 valence electrons. The molecule has 0 spiro atoms. The molecule has 1 aromatic heterocycles. The summed E-state index contributed by atoms with van der Waals surface area (Å²) in [5, 5.41) is 2.87. The van der Waals surface area contributed by atoms with Gasteiger partial charge >= 0.3 is 0 Å². The Bertz CT molecular complexity index is 916. The van der Waals surface area contributed by atoms with Gasteiger partial charge in [-0.1, -0.05) is 12.1 Å². The fraction of sp³-hybridized carbons (Fsp3) is 0.421. The van der Waals surface area contributed by atoms with Crippen LogP contribution in [0.5, 0.6) is 5.75 Å². The molecule has 1 aliphatic rings. The lowest BCUT2D eigenvalue weighted by atomic mass is 10.1. The Balaban J connectivity index is 1.58. The first-order valence-electron chi connectivity index (χ1n) is 8.89. The predicted octanol–water partition coefficient (Wildman–Crippen LogP) is 2.71. The molecular weight excluding hydrogens is 384 g/mol. The summed E-state index contributed by atoms with van der Waals surface area (Å²) in [7, 11) is -1.79. The van der Waals surface area contributed by atoms with E-state index in [4.69, 9.17) is 4.74 Å². The molecular formula is C19H24N2O4S2. The van der Waals surface area contributed by atoms with Crippen LogP contribution in [0.2, 0.25) is 0 Å². The highest BCUT2D eigenvalue weighted by atomic mass is 32.2. The molecule has 1 aliphatic heterocycles. The molecule has 0 bridgehead atoms. The van der Waals surface area contributed by atoms with Gasteiger partial charge in [-0.15, -0.1) is 11.3 Å². The van der Waals surface area contributed by atoms with Crippen LogP contribution in [0, 0.1) is 6.92 Å². The van der Waals surface area contributed by atoms with E-state index in [0.717, 1.165) is 34.6 Å². The number of methoxy groups -OCH3 is 1. The highest BCUT2D eigenvalue weighted by Crippen LogP contribution is 2.27. The number of sulfonamides is 1. The number of nitrogens with one attached hydrogen (secondary N) is 1. The van der Waals surface area contributed by atoms with E-state index in [0.29, 0.717) is 23.8 Å². The Morgan fingerprint density at radius 3 is 2.67 bits per heavy atom. The van der Waals surface area contributed by atoms with Gasteiger partial charge in [0.1, 0.15) is 9.96 Å². The number of thiophene rings is 1. The Labute approximate surface area is 164 Å². The summed E-state index contributed by atoms with van der Waals surface area (Å²) in [6, 6.07) is 9.13. The summed E-state index contributed by atoms with van der Waals surface area (Å²) < 4.78 is 32.2. The van der Waals surface area contributed by atoms with Gasteiger partial charge in [0, 0.05) is 24.5 Å². The van der Waals surface area contributed by atoms with Gasteiger partial charge in [-0.25, -0.2) is 8.42 Å². The molecule has 0 aliphatic carbocycles. The van der Waals surface area contributed by atoms with Crippen LogP contribution in [-0.4, -0.2) is 38.8 Å². The van der Waals surface area contributed by atoms with Crippen LogP contribution in [0.1, 0.15) is 28.8 Å². The fourth-order valence-electron chi connectivity index (χ4n) is 3.04. The zero-order chi connectivity index (χ0) is 19.4. The molecule has 0 atom stereocenters. The summed E-state index contributed by atoms with van der Waals surface area (Å²) in [6.45, 7) is 3.53. The molecule has 2 heterocycles. The SMILES string of the molecule is COc1cc(CNC(=O)Cc2ccc(S(=O)(=O)N3CCCC3)s2)ccc1C. The number of nitrogens with zero attached hydrogens (tertiary/aromatic N) is 1. The first-order chi connectivity index (χ1) is 12.9. The predicted molar refractivity (Wildman–Crippen MR) is 106 cm³/mol. The summed E-state index contributed by atoms with van der Waals surface area (Å²) >= 11 is 1.17. The van der Waals surface area contributed by atoms with Gasteiger partial charge in [0.25, 0.3) is 10.0 Å². The number of amides is 1. The average Bonchev–Trinajstić information content (AvgIpc) is 3.33. The van der Waals surface area contributed by atoms with E-state index in [1.165, 1.54) is 15.6 Å². The lowest BCUT2D eigenvalue weighted by molar-refractivity contribution is -0.120. The summed E-state index contributed by atoms with van der Waals surface area (Å²) in [6.07, 6.45) is 1.98. The van der Waals surface area contributed by atoms with Crippen LogP contribution in [0.3, 0.4) is 0 Å². The first-order valence-corrected chi connectivity index (χ1v) is 11.1. The monoisotopic (exact) mass is 408 g/mol. The molecule has 0 saturated carbocycles. The number of carbonyl (C=O) groups excluding carboxylic acids is 1. The second kappa shape index (κ2) is 8.41. The molecule has 8 heteroatoms. The van der Waals surface area contributed by atoms with Crippen molar-refractivity contribution in [1.82, 2.24) is 9.62 Å². The topological polar surface area (TPSA) is 75.7 Å². The van der Waals surface area contributed by atoms with Crippen molar-refractivity contribution >= 4 is 27.3 Å². The van der Waals surface area contributed by atoms with Gasteiger partial charge in [0.05, 0.1) is 13.5 Å². The van der Waals surface area contributed by atoms with Crippen molar-refractivity contribution in [3.63, 3.8) is 0 Å². The van der Waals surface area contributed by atoms with E-state index in [1.54, 1.807) is 19.2 Å². The summed E-state index contributed by atoms with van der Waals surface area (Å²) in [5.74, 6) is 0.651. The zero-order valence-electron chi connectivity index (χ0n) is 15.5. The number of aryl methyl sites for hydroxylation is 1. The van der Waals surface area contributed by atoms with Gasteiger partial charge < -0.3 is 10.1 Å². The minimum atomic E-state index is -3.41. The maximum absolute atomic E-state index is 12.6. The third-order valence-electron chi connectivity index (χ3n) is 4.59. The number of hydrogen-bond donors (Lipinski definition) is 1. The minimum Gasteiger partial charge on any atom is -0.496 e. The highest BCUT2D eigenvalue weighted by Gasteiger charge is 2.28. The lowest BCUT2D eigenvalue weighted by Gasteiger charge is -2.13. The second-order valence-electron chi connectivity index (χ2n) is 6.59. The maximum atomic E-state index is 12.6. The van der Waals surface area contributed by atoms with Gasteiger partial charge in [-0.3, -0.25) is 4.79 Å². The maximum Gasteiger partial charge on any atom is 0.252 e. The van der Waals surface area contributed by atoms with Crippen molar-refractivity contribution in [3.05, 3.63) is 46.3 Å². The Morgan fingerprint density at radius 2 is 1.96 bits per heavy atom. The van der Waals surface area contributed by atoms with Gasteiger partial charge in [-0.2, -0.15) is 4.31 Å². The third-order valence-corrected chi connectivity index (χ3v) is 8.04. The van der Waals surface area contributed by atoms with Crippen LogP contribution in [0.15, 0.2) is 34.5 Å². The molecule has 3 rings (SSSR count). The largest absolute Gasteiger partial charge is 0.496 e. The van der Waals surface area contributed by atoms with Crippen LogP contribution >= 0.6 is 11.3 Å². The fourth-order valence-corrected chi connectivity index (χ4v) is 6.07. The van der Waals surface area contributed by atoms with Crippen molar-refractivity contribution < 1.29 is 17.9 Å². The molecule has 1 aromatic carbocycles. The highest BCUT2D eigenvalue weighted by molar-refractivity contribution is 7.91. The number of rotatable bonds is 7. The molecule has 2 aromatic rings. The number of carbonyl (C=O) groups is 1. The van der Waals surface area contributed by atoms with Crippen LogP contribution in [0.4, 0.5) is 0 Å². The Hall–Kier alpha value is -1.90. The van der Waals surface area contributed by atoms with E-state index >= 15 is 0 Å². The molecule has 0 unspecified atom stereocenters. The van der Waals surface area contributed by atoms with Gasteiger partial charge in [0.15, 0.2) is 0 Å². The quantitative estimate of drug-likeness (QED) is 0.764. The number of benzene rings is 1. The Morgan fingerprint density at radius 1 is 1.22 bits per heavy atom. The van der Waals surface area contributed by atoms with Crippen LogP contribution in [0.25, 0.3) is 0 Å².